The van der Waals surface area contributed by atoms with Crippen molar-refractivity contribution in [1.29, 1.82) is 0 Å². The Labute approximate surface area is 111 Å². The Hall–Kier alpha value is -2.36. The van der Waals surface area contributed by atoms with Gasteiger partial charge in [0.2, 0.25) is 0 Å². The minimum atomic E-state index is -0.0718. The van der Waals surface area contributed by atoms with Gasteiger partial charge in [0.1, 0.15) is 5.69 Å². The molecule has 2 N–H and O–H groups in total. The van der Waals surface area contributed by atoms with Gasteiger partial charge in [0.05, 0.1) is 11.9 Å². The molecular formula is C15H15N3O. The molecule has 96 valence electrons. The van der Waals surface area contributed by atoms with Gasteiger partial charge in [-0.3, -0.25) is 4.79 Å². The second-order valence-corrected chi connectivity index (χ2v) is 4.83. The summed E-state index contributed by atoms with van der Waals surface area (Å²) in [7, 11) is 0. The molecule has 1 atom stereocenters. The molecule has 1 aliphatic heterocycles. The summed E-state index contributed by atoms with van der Waals surface area (Å²) in [6, 6.07) is 11.5. The molecule has 2 heterocycles. The van der Waals surface area contributed by atoms with Gasteiger partial charge in [0, 0.05) is 11.7 Å². The third-order valence-electron chi connectivity index (χ3n) is 3.43. The molecule has 2 aromatic rings. The first-order valence-corrected chi connectivity index (χ1v) is 6.30. The topological polar surface area (TPSA) is 59.2 Å². The van der Waals surface area contributed by atoms with E-state index in [1.165, 1.54) is 11.8 Å². The average molecular weight is 253 g/mol. The molecule has 0 spiro atoms. The van der Waals surface area contributed by atoms with Crippen molar-refractivity contribution in [2.24, 2.45) is 0 Å². The number of rotatable bonds is 1. The number of nitrogens with zero attached hydrogens (tertiary/aromatic N) is 2. The number of pyridine rings is 1. The molecule has 4 heteroatoms. The number of para-hydroxylation sites is 1. The Balaban J connectivity index is 1.98. The summed E-state index contributed by atoms with van der Waals surface area (Å²) in [6.07, 6.45) is 2.40. The molecule has 1 unspecified atom stereocenters. The molecule has 1 amide bonds. The summed E-state index contributed by atoms with van der Waals surface area (Å²) < 4.78 is 0. The highest BCUT2D eigenvalue weighted by Crippen LogP contribution is 2.32. The van der Waals surface area contributed by atoms with Gasteiger partial charge < -0.3 is 10.6 Å². The summed E-state index contributed by atoms with van der Waals surface area (Å²) in [6.45, 7) is 2.05. The Morgan fingerprint density at radius 1 is 1.32 bits per heavy atom. The summed E-state index contributed by atoms with van der Waals surface area (Å²) in [5.74, 6) is -0.0718. The fourth-order valence-corrected chi connectivity index (χ4v) is 2.53. The molecule has 4 nitrogen and oxygen atoms in total. The van der Waals surface area contributed by atoms with Crippen LogP contribution in [0.1, 0.15) is 23.0 Å². The van der Waals surface area contributed by atoms with E-state index in [4.69, 9.17) is 5.73 Å². The van der Waals surface area contributed by atoms with Gasteiger partial charge in [-0.05, 0) is 37.1 Å². The van der Waals surface area contributed by atoms with Gasteiger partial charge in [-0.15, -0.1) is 0 Å². The van der Waals surface area contributed by atoms with Crippen molar-refractivity contribution in [3.63, 3.8) is 0 Å². The first-order valence-electron chi connectivity index (χ1n) is 6.30. The number of nitrogens with two attached hydrogens (primary N) is 1. The largest absolute Gasteiger partial charge is 0.397 e. The van der Waals surface area contributed by atoms with Crippen LogP contribution >= 0.6 is 0 Å². The van der Waals surface area contributed by atoms with Crippen LogP contribution in [0.2, 0.25) is 0 Å². The molecule has 0 bridgehead atoms. The molecular weight excluding hydrogens is 238 g/mol. The molecule has 19 heavy (non-hydrogen) atoms. The highest BCUT2D eigenvalue weighted by molar-refractivity contribution is 6.06. The highest BCUT2D eigenvalue weighted by atomic mass is 16.2. The monoisotopic (exact) mass is 253 g/mol. The first kappa shape index (κ1) is 11.7. The van der Waals surface area contributed by atoms with Gasteiger partial charge in [0.15, 0.2) is 0 Å². The molecule has 0 aliphatic carbocycles. The van der Waals surface area contributed by atoms with E-state index in [1.54, 1.807) is 12.1 Å². The lowest BCUT2D eigenvalue weighted by atomic mass is 10.1. The number of carbonyl (C=O) groups is 1. The predicted octanol–water partition coefficient (Wildman–Crippen LogP) is 2.26. The van der Waals surface area contributed by atoms with E-state index in [9.17, 15) is 4.79 Å². The minimum absolute atomic E-state index is 0.0718. The number of fused-ring (bicyclic) bond motifs is 1. The number of hydrogen-bond acceptors (Lipinski definition) is 3. The van der Waals surface area contributed by atoms with Crippen LogP contribution in [0.15, 0.2) is 42.6 Å². The van der Waals surface area contributed by atoms with E-state index in [0.29, 0.717) is 11.4 Å². The van der Waals surface area contributed by atoms with E-state index in [0.717, 1.165) is 12.1 Å². The van der Waals surface area contributed by atoms with Gasteiger partial charge in [-0.2, -0.15) is 0 Å². The van der Waals surface area contributed by atoms with Crippen LogP contribution in [0.3, 0.4) is 0 Å². The molecule has 0 radical (unpaired) electrons. The van der Waals surface area contributed by atoms with Crippen molar-refractivity contribution in [2.45, 2.75) is 19.4 Å². The van der Waals surface area contributed by atoms with Crippen molar-refractivity contribution < 1.29 is 4.79 Å². The summed E-state index contributed by atoms with van der Waals surface area (Å²) in [4.78, 5) is 18.5. The molecule has 1 aromatic heterocycles. The smallest absolute Gasteiger partial charge is 0.277 e. The lowest BCUT2D eigenvalue weighted by Gasteiger charge is -2.22. The summed E-state index contributed by atoms with van der Waals surface area (Å²) in [5, 5.41) is 0. The second kappa shape index (κ2) is 4.39. The van der Waals surface area contributed by atoms with E-state index >= 15 is 0 Å². The summed E-state index contributed by atoms with van der Waals surface area (Å²) in [5.41, 5.74) is 8.78. The molecule has 1 aromatic carbocycles. The standard InChI is InChI=1S/C15H15N3O/c1-10-8-11-4-2-3-5-14(11)18(10)15(19)13-7-6-12(16)9-17-13/h2-7,9-10H,8,16H2,1H3. The van der Waals surface area contributed by atoms with Crippen molar-refractivity contribution >= 4 is 17.3 Å². The molecule has 0 saturated carbocycles. The van der Waals surface area contributed by atoms with E-state index in [2.05, 4.69) is 18.0 Å². The Morgan fingerprint density at radius 2 is 2.11 bits per heavy atom. The number of hydrogen-bond donors (Lipinski definition) is 1. The van der Waals surface area contributed by atoms with Gasteiger partial charge >= 0.3 is 0 Å². The first-order chi connectivity index (χ1) is 9.16. The maximum Gasteiger partial charge on any atom is 0.277 e. The van der Waals surface area contributed by atoms with Crippen molar-refractivity contribution in [2.75, 3.05) is 10.6 Å². The van der Waals surface area contributed by atoms with E-state index in [-0.39, 0.29) is 11.9 Å². The van der Waals surface area contributed by atoms with Crippen LogP contribution in [0, 0.1) is 0 Å². The van der Waals surface area contributed by atoms with Gasteiger partial charge in [0.25, 0.3) is 5.91 Å². The van der Waals surface area contributed by atoms with Gasteiger partial charge in [-0.25, -0.2) is 4.98 Å². The Bertz CT molecular complexity index is 622. The zero-order valence-corrected chi connectivity index (χ0v) is 10.7. The number of anilines is 2. The predicted molar refractivity (Wildman–Crippen MR) is 75.1 cm³/mol. The quantitative estimate of drug-likeness (QED) is 0.848. The highest BCUT2D eigenvalue weighted by Gasteiger charge is 2.31. The van der Waals surface area contributed by atoms with Crippen LogP contribution in [-0.4, -0.2) is 16.9 Å². The average Bonchev–Trinajstić information content (AvgIpc) is 2.74. The third kappa shape index (κ3) is 1.95. The second-order valence-electron chi connectivity index (χ2n) is 4.83. The summed E-state index contributed by atoms with van der Waals surface area (Å²) >= 11 is 0. The van der Waals surface area contributed by atoms with Gasteiger partial charge in [-0.1, -0.05) is 18.2 Å². The molecule has 3 rings (SSSR count). The minimum Gasteiger partial charge on any atom is -0.397 e. The van der Waals surface area contributed by atoms with E-state index in [1.807, 2.05) is 23.1 Å². The zero-order valence-electron chi connectivity index (χ0n) is 10.7. The van der Waals surface area contributed by atoms with Crippen molar-refractivity contribution in [1.82, 2.24) is 4.98 Å². The zero-order chi connectivity index (χ0) is 13.4. The normalized spacial score (nSPS) is 17.3. The van der Waals surface area contributed by atoms with Crippen LogP contribution < -0.4 is 10.6 Å². The van der Waals surface area contributed by atoms with Crippen LogP contribution in [0.25, 0.3) is 0 Å². The third-order valence-corrected chi connectivity index (χ3v) is 3.43. The van der Waals surface area contributed by atoms with Crippen LogP contribution in [0.4, 0.5) is 11.4 Å². The number of aromatic nitrogens is 1. The maximum absolute atomic E-state index is 12.6. The lowest BCUT2D eigenvalue weighted by Crippen LogP contribution is -2.36. The number of carbonyl (C=O) groups excluding carboxylic acids is 1. The number of benzene rings is 1. The van der Waals surface area contributed by atoms with E-state index < -0.39 is 0 Å². The SMILES string of the molecule is CC1Cc2ccccc2N1C(=O)c1ccc(N)cn1. The molecule has 0 saturated heterocycles. The Morgan fingerprint density at radius 3 is 2.84 bits per heavy atom. The fourth-order valence-electron chi connectivity index (χ4n) is 2.53. The van der Waals surface area contributed by atoms with Crippen molar-refractivity contribution in [3.8, 4) is 0 Å². The fraction of sp³-hybridized carbons (Fsp3) is 0.200. The Kier molecular flexibility index (Phi) is 2.71. The number of amides is 1. The molecule has 1 aliphatic rings. The van der Waals surface area contributed by atoms with Crippen LogP contribution in [0.5, 0.6) is 0 Å². The van der Waals surface area contributed by atoms with Crippen LogP contribution in [-0.2, 0) is 6.42 Å². The maximum atomic E-state index is 12.6. The lowest BCUT2D eigenvalue weighted by molar-refractivity contribution is 0.0976. The van der Waals surface area contributed by atoms with Crippen molar-refractivity contribution in [3.05, 3.63) is 53.9 Å². The number of nitrogen functional groups attached to an aromatic ring is 1. The molecule has 0 fully saturated rings.